The summed E-state index contributed by atoms with van der Waals surface area (Å²) in [6.07, 6.45) is 0. The van der Waals surface area contributed by atoms with Gasteiger partial charge in [-0.25, -0.2) is 0 Å². The van der Waals surface area contributed by atoms with Gasteiger partial charge in [-0.2, -0.15) is 0 Å². The first-order valence-corrected chi connectivity index (χ1v) is 4.66. The summed E-state index contributed by atoms with van der Waals surface area (Å²) < 4.78 is 0. The molecule has 4 nitrogen and oxygen atoms in total. The minimum atomic E-state index is -1.09. The van der Waals surface area contributed by atoms with Crippen molar-refractivity contribution in [2.24, 2.45) is 0 Å². The number of likely N-dealkylation sites (N-methyl/N-ethyl adjacent to an activating group) is 1. The number of benzene rings is 1. The summed E-state index contributed by atoms with van der Waals surface area (Å²) in [6.45, 7) is 0.499. The lowest BCUT2D eigenvalue weighted by Gasteiger charge is -2.29. The van der Waals surface area contributed by atoms with Gasteiger partial charge in [0.05, 0.1) is 0 Å². The molecular weight excluding hydrogens is 194 g/mol. The Kier molecular flexibility index (Phi) is 2.28. The quantitative estimate of drug-likeness (QED) is 0.688. The van der Waals surface area contributed by atoms with E-state index in [9.17, 15) is 9.59 Å². The van der Waals surface area contributed by atoms with Crippen molar-refractivity contribution in [3.05, 3.63) is 35.4 Å². The van der Waals surface area contributed by atoms with Crippen molar-refractivity contribution in [3.8, 4) is 0 Å². The third kappa shape index (κ3) is 1.53. The third-order valence-electron chi connectivity index (χ3n) is 2.63. The van der Waals surface area contributed by atoms with Gasteiger partial charge in [0.25, 0.3) is 0 Å². The predicted molar refractivity (Wildman–Crippen MR) is 53.7 cm³/mol. The van der Waals surface area contributed by atoms with Gasteiger partial charge in [-0.05, 0) is 12.6 Å². The number of hydrogen-bond acceptors (Lipinski definition) is 3. The molecule has 0 saturated carbocycles. The smallest absolute Gasteiger partial charge is 0.329 e. The number of carboxylic acid groups (broad SMARTS) is 1. The van der Waals surface area contributed by atoms with Gasteiger partial charge in [-0.3, -0.25) is 14.5 Å². The van der Waals surface area contributed by atoms with Gasteiger partial charge in [0, 0.05) is 12.1 Å². The number of rotatable bonds is 1. The second-order valence-electron chi connectivity index (χ2n) is 3.68. The fourth-order valence-corrected chi connectivity index (χ4v) is 1.91. The van der Waals surface area contributed by atoms with Crippen molar-refractivity contribution < 1.29 is 14.7 Å². The number of carboxylic acids is 1. The molecule has 2 rings (SSSR count). The Labute approximate surface area is 87.1 Å². The van der Waals surface area contributed by atoms with Gasteiger partial charge in [0.15, 0.2) is 11.8 Å². The molecule has 0 spiro atoms. The molecule has 1 aromatic rings. The zero-order valence-electron chi connectivity index (χ0n) is 8.30. The van der Waals surface area contributed by atoms with Gasteiger partial charge in [-0.15, -0.1) is 0 Å². The zero-order chi connectivity index (χ0) is 11.0. The highest BCUT2D eigenvalue weighted by Gasteiger charge is 2.36. The van der Waals surface area contributed by atoms with E-state index in [1.54, 1.807) is 24.1 Å². The SMILES string of the molecule is CN1Cc2ccccc2C(=O)C1C(=O)O. The highest BCUT2D eigenvalue weighted by atomic mass is 16.4. The van der Waals surface area contributed by atoms with E-state index in [0.29, 0.717) is 12.1 Å². The average molecular weight is 205 g/mol. The summed E-state index contributed by atoms with van der Waals surface area (Å²) in [4.78, 5) is 24.3. The monoisotopic (exact) mass is 205 g/mol. The molecule has 1 aliphatic rings. The van der Waals surface area contributed by atoms with E-state index < -0.39 is 12.0 Å². The summed E-state index contributed by atoms with van der Waals surface area (Å²) >= 11 is 0. The number of aliphatic carboxylic acids is 1. The molecule has 1 heterocycles. The lowest BCUT2D eigenvalue weighted by atomic mass is 9.93. The second-order valence-corrected chi connectivity index (χ2v) is 3.68. The van der Waals surface area contributed by atoms with Crippen LogP contribution in [0.5, 0.6) is 0 Å². The van der Waals surface area contributed by atoms with Gasteiger partial charge in [0.2, 0.25) is 0 Å². The first kappa shape index (κ1) is 9.86. The minimum Gasteiger partial charge on any atom is -0.480 e. The first-order valence-electron chi connectivity index (χ1n) is 4.66. The van der Waals surface area contributed by atoms with Crippen LogP contribution >= 0.6 is 0 Å². The minimum absolute atomic E-state index is 0.327. The van der Waals surface area contributed by atoms with Crippen molar-refractivity contribution in [1.29, 1.82) is 0 Å². The van der Waals surface area contributed by atoms with E-state index in [4.69, 9.17) is 5.11 Å². The Bertz CT molecular complexity index is 428. The Balaban J connectivity index is 2.47. The van der Waals surface area contributed by atoms with Gasteiger partial charge in [0.1, 0.15) is 0 Å². The number of carbonyl (C=O) groups is 2. The molecule has 0 aliphatic carbocycles. The highest BCUT2D eigenvalue weighted by Crippen LogP contribution is 2.21. The van der Waals surface area contributed by atoms with Gasteiger partial charge in [-0.1, -0.05) is 24.3 Å². The highest BCUT2D eigenvalue weighted by molar-refractivity contribution is 6.13. The topological polar surface area (TPSA) is 57.6 Å². The molecule has 1 unspecified atom stereocenters. The molecule has 4 heteroatoms. The molecule has 0 aromatic heterocycles. The number of fused-ring (bicyclic) bond motifs is 1. The predicted octanol–water partition coefficient (Wildman–Crippen LogP) is 0.768. The molecule has 1 N–H and O–H groups in total. The Hall–Kier alpha value is -1.68. The van der Waals surface area contributed by atoms with E-state index in [1.165, 1.54) is 0 Å². The number of hydrogen-bond donors (Lipinski definition) is 1. The molecule has 0 amide bonds. The van der Waals surface area contributed by atoms with Crippen LogP contribution in [0.25, 0.3) is 0 Å². The van der Waals surface area contributed by atoms with Gasteiger partial charge >= 0.3 is 5.97 Å². The van der Waals surface area contributed by atoms with Crippen LogP contribution < -0.4 is 0 Å². The summed E-state index contributed by atoms with van der Waals surface area (Å²) in [7, 11) is 1.65. The first-order chi connectivity index (χ1) is 7.11. The van der Waals surface area contributed by atoms with E-state index >= 15 is 0 Å². The summed E-state index contributed by atoms with van der Waals surface area (Å²) in [5.41, 5.74) is 1.42. The molecule has 1 aromatic carbocycles. The fraction of sp³-hybridized carbons (Fsp3) is 0.273. The normalized spacial score (nSPS) is 21.1. The van der Waals surface area contributed by atoms with E-state index in [0.717, 1.165) is 5.56 Å². The second kappa shape index (κ2) is 3.47. The van der Waals surface area contributed by atoms with E-state index in [2.05, 4.69) is 0 Å². The molecule has 0 radical (unpaired) electrons. The molecule has 0 fully saturated rings. The van der Waals surface area contributed by atoms with Crippen LogP contribution in [0, 0.1) is 0 Å². The summed E-state index contributed by atoms with van der Waals surface area (Å²) in [6, 6.07) is 6.09. The third-order valence-corrected chi connectivity index (χ3v) is 2.63. The summed E-state index contributed by atoms with van der Waals surface area (Å²) in [5, 5.41) is 8.94. The number of ketones is 1. The maximum Gasteiger partial charge on any atom is 0.329 e. The van der Waals surface area contributed by atoms with Crippen molar-refractivity contribution in [3.63, 3.8) is 0 Å². The lowest BCUT2D eigenvalue weighted by molar-refractivity contribution is -0.141. The van der Waals surface area contributed by atoms with Crippen molar-refractivity contribution in [1.82, 2.24) is 4.90 Å². The summed E-state index contributed by atoms with van der Waals surface area (Å²) in [5.74, 6) is -1.41. The van der Waals surface area contributed by atoms with Crippen LogP contribution in [0.2, 0.25) is 0 Å². The molecule has 15 heavy (non-hydrogen) atoms. The number of nitrogens with zero attached hydrogens (tertiary/aromatic N) is 1. The number of Topliss-reactive ketones (excluding diaryl/α,β-unsaturated/α-hetero) is 1. The van der Waals surface area contributed by atoms with E-state index in [-0.39, 0.29) is 5.78 Å². The van der Waals surface area contributed by atoms with Crippen LogP contribution in [-0.4, -0.2) is 34.8 Å². The average Bonchev–Trinajstić information content (AvgIpc) is 2.17. The molecule has 0 saturated heterocycles. The van der Waals surface area contributed by atoms with Crippen LogP contribution in [-0.2, 0) is 11.3 Å². The maximum absolute atomic E-state index is 11.8. The van der Waals surface area contributed by atoms with Crippen LogP contribution in [0.15, 0.2) is 24.3 Å². The zero-order valence-corrected chi connectivity index (χ0v) is 8.30. The Morgan fingerprint density at radius 1 is 1.47 bits per heavy atom. The maximum atomic E-state index is 11.8. The van der Waals surface area contributed by atoms with Crippen molar-refractivity contribution in [2.45, 2.75) is 12.6 Å². The molecular formula is C11H11NO3. The van der Waals surface area contributed by atoms with Crippen LogP contribution in [0.4, 0.5) is 0 Å². The largest absolute Gasteiger partial charge is 0.480 e. The Morgan fingerprint density at radius 2 is 2.13 bits per heavy atom. The van der Waals surface area contributed by atoms with Crippen molar-refractivity contribution >= 4 is 11.8 Å². The molecule has 78 valence electrons. The number of carbonyl (C=O) groups excluding carboxylic acids is 1. The Morgan fingerprint density at radius 3 is 2.80 bits per heavy atom. The fourth-order valence-electron chi connectivity index (χ4n) is 1.91. The van der Waals surface area contributed by atoms with E-state index in [1.807, 2.05) is 12.1 Å². The molecule has 0 bridgehead atoms. The van der Waals surface area contributed by atoms with Crippen LogP contribution in [0.1, 0.15) is 15.9 Å². The molecule has 1 aliphatic heterocycles. The molecule has 1 atom stereocenters. The standard InChI is InChI=1S/C11H11NO3/c1-12-6-7-4-2-3-5-8(7)10(13)9(12)11(14)15/h2-5,9H,6H2,1H3,(H,14,15). The van der Waals surface area contributed by atoms with Gasteiger partial charge < -0.3 is 5.11 Å². The van der Waals surface area contributed by atoms with Crippen LogP contribution in [0.3, 0.4) is 0 Å². The lowest BCUT2D eigenvalue weighted by Crippen LogP contribution is -2.47. The van der Waals surface area contributed by atoms with Crippen molar-refractivity contribution in [2.75, 3.05) is 7.05 Å².